The Hall–Kier alpha value is -1.97. The van der Waals surface area contributed by atoms with Crippen LogP contribution in [0.25, 0.3) is 0 Å². The topological polar surface area (TPSA) is 111 Å². The molecule has 3 N–H and O–H groups in total. The molecule has 3 rings (SSSR count). The predicted octanol–water partition coefficient (Wildman–Crippen LogP) is -0.00120. The number of morpholine rings is 1. The van der Waals surface area contributed by atoms with Gasteiger partial charge in [0.1, 0.15) is 6.04 Å². The lowest BCUT2D eigenvalue weighted by molar-refractivity contribution is -0.140. The minimum atomic E-state index is -0.596. The molecule has 0 unspecified atom stereocenters. The Morgan fingerprint density at radius 2 is 1.82 bits per heavy atom. The maximum Gasteiger partial charge on any atom is 0.243 e. The molecule has 0 saturated carbocycles. The van der Waals surface area contributed by atoms with E-state index in [2.05, 4.69) is 15.5 Å². The summed E-state index contributed by atoms with van der Waals surface area (Å²) in [4.78, 5) is 43.5. The van der Waals surface area contributed by atoms with Crippen LogP contribution in [0.1, 0.15) is 32.6 Å². The summed E-state index contributed by atoms with van der Waals surface area (Å²) >= 11 is 0. The first-order chi connectivity index (χ1) is 16.0. The van der Waals surface area contributed by atoms with Gasteiger partial charge in [0, 0.05) is 52.3 Å². The van der Waals surface area contributed by atoms with Gasteiger partial charge in [0.15, 0.2) is 0 Å². The van der Waals surface area contributed by atoms with E-state index in [0.29, 0.717) is 26.3 Å². The van der Waals surface area contributed by atoms with E-state index in [0.717, 1.165) is 45.3 Å². The highest BCUT2D eigenvalue weighted by atomic mass is 16.5. The van der Waals surface area contributed by atoms with E-state index in [1.54, 1.807) is 11.9 Å². The van der Waals surface area contributed by atoms with Crippen molar-refractivity contribution in [3.63, 3.8) is 0 Å². The number of carbonyl (C=O) groups is 3. The van der Waals surface area contributed by atoms with Crippen LogP contribution in [0.2, 0.25) is 0 Å². The second-order valence-electron chi connectivity index (χ2n) is 9.35. The van der Waals surface area contributed by atoms with E-state index in [9.17, 15) is 14.4 Å². The molecule has 3 aliphatic rings. The Kier molecular flexibility index (Phi) is 9.70. The average molecular weight is 465 g/mol. The summed E-state index contributed by atoms with van der Waals surface area (Å²) in [6.45, 7) is 7.01. The van der Waals surface area contributed by atoms with Gasteiger partial charge in [0.05, 0.1) is 25.0 Å². The van der Waals surface area contributed by atoms with E-state index in [1.807, 2.05) is 19.1 Å². The summed E-state index contributed by atoms with van der Waals surface area (Å²) in [5, 5.41) is 14.8. The fraction of sp³-hybridized carbons (Fsp3) is 0.792. The summed E-state index contributed by atoms with van der Waals surface area (Å²) in [7, 11) is 1.59. The molecule has 0 aromatic heterocycles. The molecule has 9 heteroatoms. The number of nitrogens with zero attached hydrogens (tertiary/aromatic N) is 2. The molecule has 2 fully saturated rings. The Labute approximate surface area is 196 Å². The molecular weight excluding hydrogens is 424 g/mol. The van der Waals surface area contributed by atoms with E-state index in [-0.39, 0.29) is 36.2 Å². The molecule has 0 bridgehead atoms. The van der Waals surface area contributed by atoms with E-state index >= 15 is 0 Å². The summed E-state index contributed by atoms with van der Waals surface area (Å²) in [5.74, 6) is -1.75. The first-order valence-electron chi connectivity index (χ1n) is 12.4. The SMILES string of the molecule is CNC(=O)[C@H]1[C@H]2C(=O)N(CCCCCCO)[C@H](C(=O)NCCN3CCOCC3)[C@H]2C=C[C@H]1C. The zero-order valence-corrected chi connectivity index (χ0v) is 20.0. The summed E-state index contributed by atoms with van der Waals surface area (Å²) in [5.41, 5.74) is 0. The third kappa shape index (κ3) is 6.13. The van der Waals surface area contributed by atoms with Crippen molar-refractivity contribution in [2.45, 2.75) is 38.6 Å². The van der Waals surface area contributed by atoms with Gasteiger partial charge in [-0.05, 0) is 18.8 Å². The third-order valence-electron chi connectivity index (χ3n) is 7.23. The number of aliphatic hydroxyl groups is 1. The van der Waals surface area contributed by atoms with E-state index < -0.39 is 17.9 Å². The van der Waals surface area contributed by atoms with Crippen LogP contribution >= 0.6 is 0 Å². The van der Waals surface area contributed by atoms with Crippen molar-refractivity contribution in [1.82, 2.24) is 20.4 Å². The van der Waals surface area contributed by atoms with Crippen LogP contribution < -0.4 is 10.6 Å². The van der Waals surface area contributed by atoms with Crippen LogP contribution in [0.3, 0.4) is 0 Å². The van der Waals surface area contributed by atoms with Crippen molar-refractivity contribution in [3.05, 3.63) is 12.2 Å². The van der Waals surface area contributed by atoms with Crippen LogP contribution in [0.5, 0.6) is 0 Å². The number of aliphatic hydroxyl groups excluding tert-OH is 1. The lowest BCUT2D eigenvalue weighted by atomic mass is 9.70. The standard InChI is InChI=1S/C24H40N4O5/c1-17-7-8-18-20(19(17)22(30)25-2)24(32)28(10-5-3-4-6-14-29)21(18)23(31)26-9-11-27-12-15-33-16-13-27/h7-8,17-21,29H,3-6,9-16H2,1-2H3,(H,25,30)(H,26,31)/t17-,18+,19-,20+,21+/m1/s1. The van der Waals surface area contributed by atoms with Gasteiger partial charge < -0.3 is 25.4 Å². The zero-order valence-electron chi connectivity index (χ0n) is 20.0. The molecule has 2 heterocycles. The molecule has 1 aliphatic carbocycles. The Morgan fingerprint density at radius 1 is 1.09 bits per heavy atom. The van der Waals surface area contributed by atoms with Gasteiger partial charge >= 0.3 is 0 Å². The summed E-state index contributed by atoms with van der Waals surface area (Å²) in [6, 6.07) is -0.596. The van der Waals surface area contributed by atoms with Crippen molar-refractivity contribution < 1.29 is 24.2 Å². The van der Waals surface area contributed by atoms with Crippen molar-refractivity contribution in [1.29, 1.82) is 0 Å². The monoisotopic (exact) mass is 464 g/mol. The zero-order chi connectivity index (χ0) is 23.8. The number of fused-ring (bicyclic) bond motifs is 1. The molecule has 33 heavy (non-hydrogen) atoms. The van der Waals surface area contributed by atoms with Crippen molar-refractivity contribution in [3.8, 4) is 0 Å². The minimum absolute atomic E-state index is 0.0651. The van der Waals surface area contributed by atoms with Crippen LogP contribution in [-0.2, 0) is 19.1 Å². The Morgan fingerprint density at radius 3 is 2.52 bits per heavy atom. The highest BCUT2D eigenvalue weighted by Crippen LogP contribution is 2.44. The van der Waals surface area contributed by atoms with Crippen LogP contribution in [0, 0.1) is 23.7 Å². The highest BCUT2D eigenvalue weighted by Gasteiger charge is 2.56. The smallest absolute Gasteiger partial charge is 0.243 e. The molecule has 0 spiro atoms. The summed E-state index contributed by atoms with van der Waals surface area (Å²) < 4.78 is 5.38. The average Bonchev–Trinajstić information content (AvgIpc) is 3.10. The maximum absolute atomic E-state index is 13.5. The summed E-state index contributed by atoms with van der Waals surface area (Å²) in [6.07, 6.45) is 7.24. The number of likely N-dealkylation sites (tertiary alicyclic amines) is 1. The van der Waals surface area contributed by atoms with Gasteiger partial charge in [-0.3, -0.25) is 19.3 Å². The molecule has 9 nitrogen and oxygen atoms in total. The predicted molar refractivity (Wildman–Crippen MR) is 124 cm³/mol. The lowest BCUT2D eigenvalue weighted by Gasteiger charge is -2.32. The molecular formula is C24H40N4O5. The van der Waals surface area contributed by atoms with Gasteiger partial charge in [-0.25, -0.2) is 0 Å². The molecule has 0 aromatic rings. The number of allylic oxidation sites excluding steroid dienone is 1. The number of unbranched alkanes of at least 4 members (excludes halogenated alkanes) is 3. The van der Waals surface area contributed by atoms with Gasteiger partial charge in [0.2, 0.25) is 17.7 Å². The Balaban J connectivity index is 1.71. The first kappa shape index (κ1) is 25.6. The third-order valence-corrected chi connectivity index (χ3v) is 7.23. The largest absolute Gasteiger partial charge is 0.396 e. The molecule has 5 atom stereocenters. The number of nitrogens with one attached hydrogen (secondary N) is 2. The quantitative estimate of drug-likeness (QED) is 0.293. The number of rotatable bonds is 11. The van der Waals surface area contributed by atoms with Crippen molar-refractivity contribution >= 4 is 17.7 Å². The number of hydrogen-bond acceptors (Lipinski definition) is 6. The highest BCUT2D eigenvalue weighted by molar-refractivity contribution is 5.96. The molecule has 2 saturated heterocycles. The lowest BCUT2D eigenvalue weighted by Crippen LogP contribution is -2.49. The van der Waals surface area contributed by atoms with Crippen molar-refractivity contribution in [2.75, 3.05) is 59.6 Å². The number of hydrogen-bond donors (Lipinski definition) is 3. The normalized spacial score (nSPS) is 29.7. The molecule has 0 aromatic carbocycles. The Bertz CT molecular complexity index is 709. The molecule has 186 valence electrons. The van der Waals surface area contributed by atoms with Gasteiger partial charge in [0.25, 0.3) is 0 Å². The second kappa shape index (κ2) is 12.5. The van der Waals surface area contributed by atoms with Gasteiger partial charge in [-0.15, -0.1) is 0 Å². The molecule has 3 amide bonds. The van der Waals surface area contributed by atoms with E-state index in [4.69, 9.17) is 9.84 Å². The first-order valence-corrected chi connectivity index (χ1v) is 12.4. The van der Waals surface area contributed by atoms with E-state index in [1.165, 1.54) is 0 Å². The van der Waals surface area contributed by atoms with Crippen LogP contribution in [-0.4, -0.2) is 98.3 Å². The fourth-order valence-corrected chi connectivity index (χ4v) is 5.41. The second-order valence-corrected chi connectivity index (χ2v) is 9.35. The van der Waals surface area contributed by atoms with Crippen molar-refractivity contribution in [2.24, 2.45) is 23.7 Å². The number of carbonyl (C=O) groups excluding carboxylic acids is 3. The minimum Gasteiger partial charge on any atom is -0.396 e. The fourth-order valence-electron chi connectivity index (χ4n) is 5.41. The molecule has 2 aliphatic heterocycles. The van der Waals surface area contributed by atoms with Gasteiger partial charge in [-0.1, -0.05) is 31.9 Å². The number of amides is 3. The van der Waals surface area contributed by atoms with Gasteiger partial charge in [-0.2, -0.15) is 0 Å². The van der Waals surface area contributed by atoms with Crippen LogP contribution in [0.15, 0.2) is 12.2 Å². The van der Waals surface area contributed by atoms with Crippen LogP contribution in [0.4, 0.5) is 0 Å². The molecule has 0 radical (unpaired) electrons. The number of ether oxygens (including phenoxy) is 1. The maximum atomic E-state index is 13.5.